The molecule has 0 saturated carbocycles. The Kier molecular flexibility index (Phi) is 4.33. The smallest absolute Gasteiger partial charge is 0.263 e. The Labute approximate surface area is 155 Å². The summed E-state index contributed by atoms with van der Waals surface area (Å²) in [5.74, 6) is 0.808. The zero-order chi connectivity index (χ0) is 17.4. The molecule has 2 aliphatic heterocycles. The van der Waals surface area contributed by atoms with Gasteiger partial charge in [-0.15, -0.1) is 23.1 Å². The van der Waals surface area contributed by atoms with Crippen molar-refractivity contribution in [1.82, 2.24) is 4.90 Å². The van der Waals surface area contributed by atoms with Gasteiger partial charge in [-0.25, -0.2) is 0 Å². The molecule has 2 aliphatic rings. The summed E-state index contributed by atoms with van der Waals surface area (Å²) in [4.78, 5) is 29.7. The van der Waals surface area contributed by atoms with E-state index in [-0.39, 0.29) is 16.7 Å². The number of carbonyl (C=O) groups excluding carboxylic acids is 2. The molecule has 2 saturated heterocycles. The number of thiophene rings is 1. The van der Waals surface area contributed by atoms with Crippen molar-refractivity contribution in [2.24, 2.45) is 0 Å². The lowest BCUT2D eigenvalue weighted by Crippen LogP contribution is -2.53. The molecule has 0 atom stereocenters. The van der Waals surface area contributed by atoms with Crippen molar-refractivity contribution in [3.8, 4) is 0 Å². The van der Waals surface area contributed by atoms with Gasteiger partial charge in [0.2, 0.25) is 5.91 Å². The maximum Gasteiger partial charge on any atom is 0.263 e. The van der Waals surface area contributed by atoms with Crippen LogP contribution in [0.1, 0.15) is 28.1 Å². The predicted octanol–water partition coefficient (Wildman–Crippen LogP) is 3.77. The molecular formula is C19H20N2O2S2. The number of aryl methyl sites for hydroxylation is 1. The van der Waals surface area contributed by atoms with Gasteiger partial charge in [0.25, 0.3) is 5.91 Å². The fourth-order valence-electron chi connectivity index (χ4n) is 3.68. The molecule has 0 aliphatic carbocycles. The highest BCUT2D eigenvalue weighted by molar-refractivity contribution is 8.02. The number of hydrogen-bond donors (Lipinski definition) is 0. The summed E-state index contributed by atoms with van der Waals surface area (Å²) < 4.78 is 0. The normalized spacial score (nSPS) is 19.6. The first kappa shape index (κ1) is 16.7. The molecule has 25 heavy (non-hydrogen) atoms. The lowest BCUT2D eigenvalue weighted by Gasteiger charge is -2.44. The maximum absolute atomic E-state index is 12.6. The van der Waals surface area contributed by atoms with Gasteiger partial charge in [0, 0.05) is 18.8 Å². The van der Waals surface area contributed by atoms with E-state index in [4.69, 9.17) is 0 Å². The summed E-state index contributed by atoms with van der Waals surface area (Å²) >= 11 is 3.22. The van der Waals surface area contributed by atoms with Crippen LogP contribution in [-0.2, 0) is 4.79 Å². The Morgan fingerprint density at radius 1 is 1.16 bits per heavy atom. The van der Waals surface area contributed by atoms with Crippen molar-refractivity contribution >= 4 is 40.6 Å². The molecule has 0 N–H and O–H groups in total. The van der Waals surface area contributed by atoms with Crippen molar-refractivity contribution < 1.29 is 9.59 Å². The van der Waals surface area contributed by atoms with E-state index in [2.05, 4.69) is 6.07 Å². The first-order valence-electron chi connectivity index (χ1n) is 8.46. The molecule has 1 aromatic carbocycles. The van der Waals surface area contributed by atoms with Crippen LogP contribution < -0.4 is 4.90 Å². The van der Waals surface area contributed by atoms with Gasteiger partial charge in [-0.1, -0.05) is 18.2 Å². The van der Waals surface area contributed by atoms with Gasteiger partial charge in [0.15, 0.2) is 0 Å². The summed E-state index contributed by atoms with van der Waals surface area (Å²) in [6.07, 6.45) is 1.63. The molecule has 3 heterocycles. The molecule has 1 spiro atoms. The van der Waals surface area contributed by atoms with E-state index in [9.17, 15) is 9.59 Å². The number of amides is 2. The van der Waals surface area contributed by atoms with Crippen LogP contribution in [0.4, 0.5) is 5.69 Å². The van der Waals surface area contributed by atoms with Gasteiger partial charge in [-0.05, 0) is 48.9 Å². The third kappa shape index (κ3) is 2.98. The number of nitrogens with zero attached hydrogens (tertiary/aromatic N) is 2. The van der Waals surface area contributed by atoms with Gasteiger partial charge in [-0.3, -0.25) is 14.5 Å². The second-order valence-electron chi connectivity index (χ2n) is 6.57. The molecule has 0 radical (unpaired) electrons. The molecule has 1 aromatic heterocycles. The predicted molar refractivity (Wildman–Crippen MR) is 103 cm³/mol. The van der Waals surface area contributed by atoms with Crippen LogP contribution in [0.5, 0.6) is 0 Å². The molecule has 2 fully saturated rings. The third-order valence-electron chi connectivity index (χ3n) is 4.94. The first-order chi connectivity index (χ1) is 12.1. The highest BCUT2D eigenvalue weighted by Crippen LogP contribution is 2.47. The molecule has 6 heteroatoms. The second-order valence-corrected chi connectivity index (χ2v) is 8.86. The van der Waals surface area contributed by atoms with Crippen molar-refractivity contribution in [2.45, 2.75) is 24.6 Å². The summed E-state index contributed by atoms with van der Waals surface area (Å²) in [7, 11) is 0. The fourth-order valence-corrected chi connectivity index (χ4v) is 5.70. The summed E-state index contributed by atoms with van der Waals surface area (Å²) in [5.41, 5.74) is 2.13. The minimum Gasteiger partial charge on any atom is -0.338 e. The van der Waals surface area contributed by atoms with Crippen molar-refractivity contribution in [2.75, 3.05) is 23.7 Å². The van der Waals surface area contributed by atoms with Crippen LogP contribution in [0.2, 0.25) is 0 Å². The number of thioether (sulfide) groups is 1. The van der Waals surface area contributed by atoms with Crippen LogP contribution in [-0.4, -0.2) is 40.4 Å². The number of hydrogen-bond acceptors (Lipinski definition) is 4. The van der Waals surface area contributed by atoms with Crippen LogP contribution in [0.3, 0.4) is 0 Å². The van der Waals surface area contributed by atoms with E-state index in [0.29, 0.717) is 18.8 Å². The zero-order valence-corrected chi connectivity index (χ0v) is 15.7. The Morgan fingerprint density at radius 3 is 2.64 bits per heavy atom. The monoisotopic (exact) mass is 372 g/mol. The van der Waals surface area contributed by atoms with Gasteiger partial charge in [0.1, 0.15) is 0 Å². The van der Waals surface area contributed by atoms with Crippen LogP contribution in [0.15, 0.2) is 41.8 Å². The lowest BCUT2D eigenvalue weighted by molar-refractivity contribution is -0.116. The van der Waals surface area contributed by atoms with Crippen molar-refractivity contribution in [3.63, 3.8) is 0 Å². The Morgan fingerprint density at radius 2 is 1.96 bits per heavy atom. The van der Waals surface area contributed by atoms with E-state index in [0.717, 1.165) is 29.0 Å². The number of anilines is 1. The average Bonchev–Trinajstić information content (AvgIpc) is 3.24. The Balaban J connectivity index is 1.54. The molecule has 0 bridgehead atoms. The van der Waals surface area contributed by atoms with E-state index >= 15 is 0 Å². The molecule has 0 unspecified atom stereocenters. The highest BCUT2D eigenvalue weighted by Gasteiger charge is 2.49. The topological polar surface area (TPSA) is 40.6 Å². The summed E-state index contributed by atoms with van der Waals surface area (Å²) in [6.45, 7) is 3.44. The lowest BCUT2D eigenvalue weighted by atomic mass is 10.0. The number of piperidine rings is 1. The SMILES string of the molecule is Cc1cccc(N2C(=O)CSC23CCN(C(=O)c2cccs2)CC3)c1. The largest absolute Gasteiger partial charge is 0.338 e. The number of rotatable bonds is 2. The van der Waals surface area contributed by atoms with E-state index < -0.39 is 0 Å². The van der Waals surface area contributed by atoms with Crippen molar-refractivity contribution in [3.05, 3.63) is 52.2 Å². The van der Waals surface area contributed by atoms with E-state index in [1.54, 1.807) is 11.8 Å². The molecule has 4 rings (SSSR count). The Hall–Kier alpha value is -1.79. The highest BCUT2D eigenvalue weighted by atomic mass is 32.2. The van der Waals surface area contributed by atoms with Crippen LogP contribution in [0, 0.1) is 6.92 Å². The number of likely N-dealkylation sites (tertiary alicyclic amines) is 1. The van der Waals surface area contributed by atoms with Gasteiger partial charge >= 0.3 is 0 Å². The Bertz CT molecular complexity index is 796. The first-order valence-corrected chi connectivity index (χ1v) is 10.3. The summed E-state index contributed by atoms with van der Waals surface area (Å²) in [6, 6.07) is 11.9. The maximum atomic E-state index is 12.6. The van der Waals surface area contributed by atoms with Gasteiger partial charge in [-0.2, -0.15) is 0 Å². The van der Waals surface area contributed by atoms with E-state index in [1.165, 1.54) is 11.3 Å². The minimum atomic E-state index is -0.211. The van der Waals surface area contributed by atoms with Gasteiger partial charge < -0.3 is 4.90 Å². The molecule has 130 valence electrons. The number of benzene rings is 1. The molecule has 2 amide bonds. The summed E-state index contributed by atoms with van der Waals surface area (Å²) in [5, 5.41) is 1.93. The minimum absolute atomic E-state index is 0.112. The standard InChI is InChI=1S/C19H20N2O2S2/c1-14-4-2-5-15(12-14)21-17(22)13-25-19(21)7-9-20(10-8-19)18(23)16-6-3-11-24-16/h2-6,11-12H,7-10,13H2,1H3. The molecule has 4 nitrogen and oxygen atoms in total. The van der Waals surface area contributed by atoms with Crippen LogP contribution in [0.25, 0.3) is 0 Å². The van der Waals surface area contributed by atoms with Crippen LogP contribution >= 0.6 is 23.1 Å². The molecular weight excluding hydrogens is 352 g/mol. The second kappa shape index (κ2) is 6.50. The average molecular weight is 373 g/mol. The number of carbonyl (C=O) groups is 2. The quantitative estimate of drug-likeness (QED) is 0.806. The van der Waals surface area contributed by atoms with Gasteiger partial charge in [0.05, 0.1) is 15.5 Å². The van der Waals surface area contributed by atoms with E-state index in [1.807, 2.05) is 52.4 Å². The third-order valence-corrected chi connectivity index (χ3v) is 7.32. The fraction of sp³-hybridized carbons (Fsp3) is 0.368. The molecule has 2 aromatic rings. The van der Waals surface area contributed by atoms with Crippen molar-refractivity contribution in [1.29, 1.82) is 0 Å². The zero-order valence-electron chi connectivity index (χ0n) is 14.1.